The molecule has 5 aromatic rings. The number of rotatable bonds is 1. The van der Waals surface area contributed by atoms with Gasteiger partial charge in [-0.1, -0.05) is 68.4 Å². The summed E-state index contributed by atoms with van der Waals surface area (Å²) in [5.74, 6) is 0. The van der Waals surface area contributed by atoms with E-state index in [4.69, 9.17) is 0 Å². The molecule has 2 heteroatoms. The van der Waals surface area contributed by atoms with Crippen molar-refractivity contribution >= 4 is 38.9 Å². The van der Waals surface area contributed by atoms with Crippen molar-refractivity contribution in [1.29, 1.82) is 0 Å². The van der Waals surface area contributed by atoms with Gasteiger partial charge in [-0.15, -0.1) is 0 Å². The molecule has 0 bridgehead atoms. The van der Waals surface area contributed by atoms with Gasteiger partial charge in [-0.25, -0.2) is 0 Å². The topological polar surface area (TPSA) is 8.17 Å². The van der Waals surface area contributed by atoms with Gasteiger partial charge in [0, 0.05) is 40.0 Å². The second-order valence-corrected chi connectivity index (χ2v) is 8.77. The van der Waals surface area contributed by atoms with Gasteiger partial charge in [0.25, 0.3) is 0 Å². The summed E-state index contributed by atoms with van der Waals surface area (Å²) in [6, 6.07) is 33.2. The van der Waals surface area contributed by atoms with Gasteiger partial charge in [0.05, 0.1) is 11.4 Å². The molecule has 0 N–H and O–H groups in total. The third-order valence-electron chi connectivity index (χ3n) is 6.79. The van der Waals surface area contributed by atoms with Crippen LogP contribution in [0.4, 0.5) is 17.1 Å². The lowest BCUT2D eigenvalue weighted by molar-refractivity contribution is 0.632. The predicted molar refractivity (Wildman–Crippen MR) is 127 cm³/mol. The molecule has 0 saturated carbocycles. The van der Waals surface area contributed by atoms with Crippen LogP contribution in [0.1, 0.15) is 25.0 Å². The van der Waals surface area contributed by atoms with E-state index in [1.807, 2.05) is 0 Å². The maximum absolute atomic E-state index is 2.43. The lowest BCUT2D eigenvalue weighted by atomic mass is 9.73. The summed E-state index contributed by atoms with van der Waals surface area (Å²) in [5.41, 5.74) is 8.95. The number of fused-ring (bicyclic) bond motifs is 5. The molecule has 6 rings (SSSR count). The molecule has 1 aliphatic heterocycles. The van der Waals surface area contributed by atoms with Crippen LogP contribution in [-0.2, 0) is 12.5 Å². The number of aryl methyl sites for hydroxylation is 1. The van der Waals surface area contributed by atoms with Crippen molar-refractivity contribution < 1.29 is 0 Å². The Bertz CT molecular complexity index is 1390. The molecule has 0 amide bonds. The largest absolute Gasteiger partial charge is 0.344 e. The Hall–Kier alpha value is -3.52. The molecule has 0 saturated heterocycles. The molecule has 2 nitrogen and oxygen atoms in total. The van der Waals surface area contributed by atoms with Gasteiger partial charge in [-0.3, -0.25) is 0 Å². The fourth-order valence-corrected chi connectivity index (χ4v) is 5.24. The fourth-order valence-electron chi connectivity index (χ4n) is 5.24. The van der Waals surface area contributed by atoms with E-state index in [0.717, 1.165) is 0 Å². The molecule has 0 radical (unpaired) electrons. The minimum absolute atomic E-state index is 0.0345. The van der Waals surface area contributed by atoms with Crippen LogP contribution in [-0.4, -0.2) is 4.57 Å². The number of hydrogen-bond acceptors (Lipinski definition) is 1. The summed E-state index contributed by atoms with van der Waals surface area (Å²) in [6.07, 6.45) is 0. The van der Waals surface area contributed by atoms with Crippen LogP contribution in [0.15, 0.2) is 91.0 Å². The fraction of sp³-hybridized carbons (Fsp3) is 0.143. The highest BCUT2D eigenvalue weighted by molar-refractivity contribution is 6.09. The van der Waals surface area contributed by atoms with Crippen LogP contribution >= 0.6 is 0 Å². The number of para-hydroxylation sites is 3. The molecule has 1 aliphatic rings. The van der Waals surface area contributed by atoms with Gasteiger partial charge in [-0.2, -0.15) is 0 Å². The van der Waals surface area contributed by atoms with E-state index in [9.17, 15) is 0 Å². The number of hydrogen-bond donors (Lipinski definition) is 0. The van der Waals surface area contributed by atoms with Crippen molar-refractivity contribution in [3.05, 3.63) is 102 Å². The molecule has 4 aromatic carbocycles. The van der Waals surface area contributed by atoms with Crippen molar-refractivity contribution in [2.24, 2.45) is 7.05 Å². The molecule has 0 fully saturated rings. The van der Waals surface area contributed by atoms with E-state index in [1.54, 1.807) is 0 Å². The number of benzene rings is 4. The second kappa shape index (κ2) is 5.99. The Balaban J connectivity index is 1.67. The summed E-state index contributed by atoms with van der Waals surface area (Å²) in [7, 11) is 2.15. The van der Waals surface area contributed by atoms with Gasteiger partial charge in [-0.05, 0) is 47.5 Å². The summed E-state index contributed by atoms with van der Waals surface area (Å²) in [5, 5.41) is 2.60. The predicted octanol–water partition coefficient (Wildman–Crippen LogP) is 7.44. The zero-order valence-corrected chi connectivity index (χ0v) is 17.6. The molecule has 0 aliphatic carbocycles. The first-order valence-corrected chi connectivity index (χ1v) is 10.5. The quantitative estimate of drug-likeness (QED) is 0.290. The number of aromatic nitrogens is 1. The Morgan fingerprint density at radius 1 is 0.600 bits per heavy atom. The van der Waals surface area contributed by atoms with Crippen molar-refractivity contribution in [1.82, 2.24) is 4.57 Å². The lowest BCUT2D eigenvalue weighted by Crippen LogP contribution is -2.30. The molecular weight excluding hydrogens is 364 g/mol. The average Bonchev–Trinajstić information content (AvgIpc) is 3.06. The average molecular weight is 389 g/mol. The summed E-state index contributed by atoms with van der Waals surface area (Å²) in [4.78, 5) is 2.43. The number of anilines is 3. The first-order valence-electron chi connectivity index (χ1n) is 10.5. The van der Waals surface area contributed by atoms with Crippen LogP contribution in [0.25, 0.3) is 21.8 Å². The summed E-state index contributed by atoms with van der Waals surface area (Å²) >= 11 is 0. The minimum atomic E-state index is -0.0345. The van der Waals surface area contributed by atoms with E-state index >= 15 is 0 Å². The maximum Gasteiger partial charge on any atom is 0.0502 e. The first-order chi connectivity index (χ1) is 14.6. The van der Waals surface area contributed by atoms with E-state index in [0.29, 0.717) is 0 Å². The Morgan fingerprint density at radius 3 is 1.87 bits per heavy atom. The maximum atomic E-state index is 2.43. The van der Waals surface area contributed by atoms with Gasteiger partial charge in [0.15, 0.2) is 0 Å². The first kappa shape index (κ1) is 17.3. The van der Waals surface area contributed by atoms with Crippen LogP contribution in [0.2, 0.25) is 0 Å². The van der Waals surface area contributed by atoms with Crippen molar-refractivity contribution in [2.75, 3.05) is 4.90 Å². The Morgan fingerprint density at radius 2 is 1.17 bits per heavy atom. The molecule has 2 heterocycles. The normalized spacial score (nSPS) is 14.7. The van der Waals surface area contributed by atoms with Crippen molar-refractivity contribution in [2.45, 2.75) is 19.3 Å². The third-order valence-corrected chi connectivity index (χ3v) is 6.79. The molecular formula is C28H24N2. The lowest BCUT2D eigenvalue weighted by Gasteiger charge is -2.42. The smallest absolute Gasteiger partial charge is 0.0502 e. The van der Waals surface area contributed by atoms with Gasteiger partial charge in [0.2, 0.25) is 0 Å². The second-order valence-electron chi connectivity index (χ2n) is 8.77. The minimum Gasteiger partial charge on any atom is -0.344 e. The highest BCUT2D eigenvalue weighted by Gasteiger charge is 2.36. The standard InChI is InChI=1S/C28H24N2/c1-28(2)22-11-5-8-14-26(22)30(27-15-9-6-12-23(27)28)19-16-17-25-21(18-19)20-10-4-7-13-24(20)29(25)3/h4-18H,1-3H3. The molecule has 0 atom stereocenters. The van der Waals surface area contributed by atoms with E-state index < -0.39 is 0 Å². The van der Waals surface area contributed by atoms with E-state index in [1.165, 1.54) is 50.0 Å². The van der Waals surface area contributed by atoms with E-state index in [2.05, 4.69) is 121 Å². The molecule has 30 heavy (non-hydrogen) atoms. The Labute approximate surface area is 177 Å². The highest BCUT2D eigenvalue weighted by Crippen LogP contribution is 2.51. The van der Waals surface area contributed by atoms with Gasteiger partial charge >= 0.3 is 0 Å². The van der Waals surface area contributed by atoms with Crippen LogP contribution in [0, 0.1) is 0 Å². The SMILES string of the molecule is Cn1c2ccccc2c2cc(N3c4ccccc4C(C)(C)c4ccccc43)ccc21. The summed E-state index contributed by atoms with van der Waals surface area (Å²) < 4.78 is 2.29. The van der Waals surface area contributed by atoms with Crippen molar-refractivity contribution in [3.8, 4) is 0 Å². The zero-order chi connectivity index (χ0) is 20.5. The number of nitrogens with zero attached hydrogens (tertiary/aromatic N) is 2. The van der Waals surface area contributed by atoms with Crippen LogP contribution < -0.4 is 4.90 Å². The van der Waals surface area contributed by atoms with Crippen LogP contribution in [0.5, 0.6) is 0 Å². The summed E-state index contributed by atoms with van der Waals surface area (Å²) in [6.45, 7) is 4.66. The Kier molecular flexibility index (Phi) is 3.47. The van der Waals surface area contributed by atoms with Gasteiger partial charge in [0.1, 0.15) is 0 Å². The molecule has 146 valence electrons. The monoisotopic (exact) mass is 388 g/mol. The molecule has 0 spiro atoms. The van der Waals surface area contributed by atoms with Crippen molar-refractivity contribution in [3.63, 3.8) is 0 Å². The third kappa shape index (κ3) is 2.19. The highest BCUT2D eigenvalue weighted by atomic mass is 15.2. The van der Waals surface area contributed by atoms with Gasteiger partial charge < -0.3 is 9.47 Å². The van der Waals surface area contributed by atoms with E-state index in [-0.39, 0.29) is 5.41 Å². The zero-order valence-electron chi connectivity index (χ0n) is 17.6. The molecule has 1 aromatic heterocycles. The molecule has 0 unspecified atom stereocenters. The van der Waals surface area contributed by atoms with Crippen LogP contribution in [0.3, 0.4) is 0 Å².